The zero-order valence-electron chi connectivity index (χ0n) is 21.8. The summed E-state index contributed by atoms with van der Waals surface area (Å²) in [6.07, 6.45) is 5.57. The minimum atomic E-state index is 0.985. The molecular weight excluding hydrogens is 484 g/mol. The van der Waals surface area contributed by atoms with E-state index in [1.54, 1.807) is 0 Å². The minimum absolute atomic E-state index is 0.985. The van der Waals surface area contributed by atoms with Crippen LogP contribution in [0.2, 0.25) is 0 Å². The maximum Gasteiger partial charge on any atom is 0.0701 e. The molecule has 0 N–H and O–H groups in total. The molecule has 2 aromatic heterocycles. The van der Waals surface area contributed by atoms with Crippen LogP contribution in [0.15, 0.2) is 146 Å². The van der Waals surface area contributed by atoms with Crippen molar-refractivity contribution in [1.82, 2.24) is 9.97 Å². The van der Waals surface area contributed by atoms with Crippen molar-refractivity contribution in [2.75, 3.05) is 0 Å². The van der Waals surface area contributed by atoms with E-state index in [1.807, 2.05) is 36.8 Å². The molecule has 0 atom stereocenters. The molecule has 0 saturated heterocycles. The van der Waals surface area contributed by atoms with Crippen LogP contribution in [0.3, 0.4) is 0 Å². The second kappa shape index (κ2) is 9.14. The molecule has 0 aliphatic carbocycles. The number of hydrogen-bond acceptors (Lipinski definition) is 2. The Morgan fingerprint density at radius 3 is 1.65 bits per heavy atom. The molecule has 40 heavy (non-hydrogen) atoms. The lowest BCUT2D eigenvalue weighted by Crippen LogP contribution is -1.91. The lowest BCUT2D eigenvalue weighted by atomic mass is 9.85. The summed E-state index contributed by atoms with van der Waals surface area (Å²) < 4.78 is 0. The van der Waals surface area contributed by atoms with E-state index in [9.17, 15) is 0 Å². The van der Waals surface area contributed by atoms with Crippen molar-refractivity contribution in [2.45, 2.75) is 0 Å². The van der Waals surface area contributed by atoms with E-state index in [2.05, 4.69) is 119 Å². The highest BCUT2D eigenvalue weighted by molar-refractivity contribution is 6.28. The molecule has 0 aliphatic heterocycles. The SMILES string of the molecule is c1ccc(-c2ccc(-c3cc(-c4ccc(-c5cccnc5)cc4)c4ccc5cccc6ccc3c4c56)cc2)nc1. The average Bonchev–Trinajstić information content (AvgIpc) is 3.04. The fourth-order valence-corrected chi connectivity index (χ4v) is 6.04. The van der Waals surface area contributed by atoms with E-state index in [1.165, 1.54) is 60.1 Å². The molecule has 0 amide bonds. The molecule has 8 aromatic rings. The predicted molar refractivity (Wildman–Crippen MR) is 167 cm³/mol. The third-order valence-electron chi connectivity index (χ3n) is 7.99. The van der Waals surface area contributed by atoms with Gasteiger partial charge in [0.25, 0.3) is 0 Å². The summed E-state index contributed by atoms with van der Waals surface area (Å²) in [5.74, 6) is 0. The first-order valence-electron chi connectivity index (χ1n) is 13.6. The summed E-state index contributed by atoms with van der Waals surface area (Å²) in [5.41, 5.74) is 9.28. The minimum Gasteiger partial charge on any atom is -0.264 e. The van der Waals surface area contributed by atoms with Gasteiger partial charge in [-0.15, -0.1) is 0 Å². The summed E-state index contributed by atoms with van der Waals surface area (Å²) in [6.45, 7) is 0. The van der Waals surface area contributed by atoms with Gasteiger partial charge in [-0.1, -0.05) is 103 Å². The highest BCUT2D eigenvalue weighted by atomic mass is 14.7. The lowest BCUT2D eigenvalue weighted by Gasteiger charge is -2.18. The monoisotopic (exact) mass is 508 g/mol. The zero-order valence-corrected chi connectivity index (χ0v) is 21.8. The summed E-state index contributed by atoms with van der Waals surface area (Å²) in [4.78, 5) is 8.83. The number of benzene rings is 6. The molecule has 0 aliphatic rings. The molecule has 186 valence electrons. The lowest BCUT2D eigenvalue weighted by molar-refractivity contribution is 1.33. The zero-order chi connectivity index (χ0) is 26.5. The van der Waals surface area contributed by atoms with Crippen LogP contribution in [0.25, 0.3) is 77.0 Å². The molecular formula is C38H24N2. The topological polar surface area (TPSA) is 25.8 Å². The van der Waals surface area contributed by atoms with Crippen molar-refractivity contribution in [1.29, 1.82) is 0 Å². The van der Waals surface area contributed by atoms with Gasteiger partial charge in [-0.3, -0.25) is 9.97 Å². The Hall–Kier alpha value is -5.34. The van der Waals surface area contributed by atoms with Crippen molar-refractivity contribution < 1.29 is 0 Å². The second-order valence-corrected chi connectivity index (χ2v) is 10.3. The van der Waals surface area contributed by atoms with E-state index >= 15 is 0 Å². The first kappa shape index (κ1) is 22.6. The normalized spacial score (nSPS) is 11.5. The number of aromatic nitrogens is 2. The third kappa shape index (κ3) is 3.65. The van der Waals surface area contributed by atoms with Crippen LogP contribution in [-0.4, -0.2) is 9.97 Å². The Balaban J connectivity index is 1.36. The number of pyridine rings is 2. The summed E-state index contributed by atoms with van der Waals surface area (Å²) in [5, 5.41) is 7.76. The van der Waals surface area contributed by atoms with Crippen molar-refractivity contribution in [3.63, 3.8) is 0 Å². The Bertz CT molecular complexity index is 1970. The van der Waals surface area contributed by atoms with Gasteiger partial charge in [-0.25, -0.2) is 0 Å². The first-order valence-corrected chi connectivity index (χ1v) is 13.6. The molecule has 6 aromatic carbocycles. The van der Waals surface area contributed by atoms with Gasteiger partial charge in [0.05, 0.1) is 5.69 Å². The van der Waals surface area contributed by atoms with Gasteiger partial charge in [-0.2, -0.15) is 0 Å². The standard InChI is InChI=1S/C38H24N2/c1-2-22-40-36(8-1)28-15-13-27(14-16-28)35-23-34(26-11-9-25(10-12-26)31-7-4-21-39-24-31)32-19-17-29-5-3-6-30-18-20-33(35)38(32)37(29)30/h1-24H. The van der Waals surface area contributed by atoms with E-state index in [-0.39, 0.29) is 0 Å². The molecule has 2 nitrogen and oxygen atoms in total. The van der Waals surface area contributed by atoms with Crippen LogP contribution in [0, 0.1) is 0 Å². The number of nitrogens with zero attached hydrogens (tertiary/aromatic N) is 2. The third-order valence-corrected chi connectivity index (χ3v) is 7.99. The highest BCUT2D eigenvalue weighted by Gasteiger charge is 2.17. The molecule has 0 saturated carbocycles. The van der Waals surface area contributed by atoms with Crippen LogP contribution in [0.1, 0.15) is 0 Å². The molecule has 2 heteroatoms. The largest absolute Gasteiger partial charge is 0.264 e. The summed E-state index contributed by atoms with van der Waals surface area (Å²) in [6, 6.07) is 45.9. The molecule has 0 radical (unpaired) electrons. The fourth-order valence-electron chi connectivity index (χ4n) is 6.04. The van der Waals surface area contributed by atoms with Crippen molar-refractivity contribution in [3.05, 3.63) is 146 Å². The molecule has 0 bridgehead atoms. The quantitative estimate of drug-likeness (QED) is 0.221. The van der Waals surface area contributed by atoms with Gasteiger partial charge >= 0.3 is 0 Å². The van der Waals surface area contributed by atoms with Crippen LogP contribution in [0.4, 0.5) is 0 Å². The van der Waals surface area contributed by atoms with Crippen LogP contribution < -0.4 is 0 Å². The number of hydrogen-bond donors (Lipinski definition) is 0. The van der Waals surface area contributed by atoms with Gasteiger partial charge in [0.1, 0.15) is 0 Å². The van der Waals surface area contributed by atoms with Gasteiger partial charge < -0.3 is 0 Å². The van der Waals surface area contributed by atoms with Gasteiger partial charge in [-0.05, 0) is 90.0 Å². The van der Waals surface area contributed by atoms with Gasteiger partial charge in [0.2, 0.25) is 0 Å². The highest BCUT2D eigenvalue weighted by Crippen LogP contribution is 2.44. The van der Waals surface area contributed by atoms with Crippen LogP contribution in [-0.2, 0) is 0 Å². The molecule has 0 spiro atoms. The Kier molecular flexibility index (Phi) is 5.17. The maximum atomic E-state index is 4.54. The van der Waals surface area contributed by atoms with E-state index in [4.69, 9.17) is 0 Å². The molecule has 2 heterocycles. The molecule has 0 fully saturated rings. The van der Waals surface area contributed by atoms with Crippen LogP contribution >= 0.6 is 0 Å². The first-order chi connectivity index (χ1) is 19.8. The Morgan fingerprint density at radius 2 is 1.05 bits per heavy atom. The average molecular weight is 509 g/mol. The van der Waals surface area contributed by atoms with Crippen LogP contribution in [0.5, 0.6) is 0 Å². The van der Waals surface area contributed by atoms with Crippen molar-refractivity contribution >= 4 is 32.3 Å². The van der Waals surface area contributed by atoms with Gasteiger partial charge in [0.15, 0.2) is 0 Å². The summed E-state index contributed by atoms with van der Waals surface area (Å²) in [7, 11) is 0. The molecule has 8 rings (SSSR count). The van der Waals surface area contributed by atoms with Crippen molar-refractivity contribution in [3.8, 4) is 44.6 Å². The van der Waals surface area contributed by atoms with E-state index in [0.717, 1.165) is 16.8 Å². The van der Waals surface area contributed by atoms with E-state index < -0.39 is 0 Å². The summed E-state index contributed by atoms with van der Waals surface area (Å²) >= 11 is 0. The molecule has 0 unspecified atom stereocenters. The van der Waals surface area contributed by atoms with Gasteiger partial charge in [0, 0.05) is 24.2 Å². The fraction of sp³-hybridized carbons (Fsp3) is 0. The Morgan fingerprint density at radius 1 is 0.400 bits per heavy atom. The smallest absolute Gasteiger partial charge is 0.0701 e. The number of rotatable bonds is 4. The van der Waals surface area contributed by atoms with Crippen molar-refractivity contribution in [2.24, 2.45) is 0 Å². The Labute approximate surface area is 232 Å². The maximum absolute atomic E-state index is 4.54. The predicted octanol–water partition coefficient (Wildman–Crippen LogP) is 10.0. The van der Waals surface area contributed by atoms with E-state index in [0.29, 0.717) is 0 Å². The second-order valence-electron chi connectivity index (χ2n) is 10.3.